The summed E-state index contributed by atoms with van der Waals surface area (Å²) in [5.41, 5.74) is 1.07. The Bertz CT molecular complexity index is 1710. The number of benzene rings is 4. The Kier molecular flexibility index (Phi) is 19.4. The molecule has 51 heavy (non-hydrogen) atoms. The molecule has 0 fully saturated rings. The molecule has 0 aromatic heterocycles. The van der Waals surface area contributed by atoms with Crippen LogP contribution in [0.4, 0.5) is 0 Å². The Labute approximate surface area is 332 Å². The number of ether oxygens (including phenoxy) is 2. The fourth-order valence-electron chi connectivity index (χ4n) is 5.20. The van der Waals surface area contributed by atoms with E-state index in [1.165, 1.54) is 18.6 Å². The van der Waals surface area contributed by atoms with Crippen LogP contribution in [0, 0.1) is 0 Å². The van der Waals surface area contributed by atoms with E-state index < -0.39 is 35.8 Å². The number of hydrogen-bond acceptors (Lipinski definition) is 9. The summed E-state index contributed by atoms with van der Waals surface area (Å²) in [5, 5.41) is 22.3. The molecule has 0 unspecified atom stereocenters. The zero-order valence-corrected chi connectivity index (χ0v) is 33.1. The van der Waals surface area contributed by atoms with Gasteiger partial charge in [0, 0.05) is 6.07 Å². The monoisotopic (exact) mass is 766 g/mol. The first-order chi connectivity index (χ1) is 23.8. The van der Waals surface area contributed by atoms with E-state index in [9.17, 15) is 36.2 Å². The van der Waals surface area contributed by atoms with Crippen LogP contribution >= 0.6 is 0 Å². The predicted molar refractivity (Wildman–Crippen MR) is 195 cm³/mol. The summed E-state index contributed by atoms with van der Waals surface area (Å²) >= 11 is 0. The molecule has 0 amide bonds. The minimum absolute atomic E-state index is 0. The molecule has 0 bridgehead atoms. The van der Waals surface area contributed by atoms with Crippen molar-refractivity contribution in [3.05, 3.63) is 96.1 Å². The standard InChI is InChI=1S/2C19H24O5S.Ca/c2*1-2-3-4-5-7-10-15-13-18(24-16-11-8-6-9-12-16)19(14-17(15)20)25(21,22)23;/h2*6,8-9,11-14,20H,2-5,7,10H2,1H3,(H,21,22,23);/q;;+2/p-2. The molecule has 2 N–H and O–H groups in total. The van der Waals surface area contributed by atoms with Crippen molar-refractivity contribution in [3.8, 4) is 34.5 Å². The van der Waals surface area contributed by atoms with Crippen molar-refractivity contribution >= 4 is 58.0 Å². The van der Waals surface area contributed by atoms with Crippen LogP contribution in [0.2, 0.25) is 0 Å². The van der Waals surface area contributed by atoms with Gasteiger partial charge in [0.05, 0.1) is 4.90 Å². The molecule has 0 saturated carbocycles. The third-order valence-corrected chi connectivity index (χ3v) is 9.59. The first kappa shape index (κ1) is 44.3. The maximum Gasteiger partial charge on any atom is 2.00 e. The largest absolute Gasteiger partial charge is 2.00 e. The van der Waals surface area contributed by atoms with Crippen LogP contribution in [0.25, 0.3) is 0 Å². The molecule has 0 aliphatic heterocycles. The van der Waals surface area contributed by atoms with E-state index in [0.717, 1.165) is 69.9 Å². The molecule has 10 nitrogen and oxygen atoms in total. The van der Waals surface area contributed by atoms with Gasteiger partial charge in [0.2, 0.25) is 0 Å². The number of phenolic OH excluding ortho intramolecular Hbond substituents is 1. The summed E-state index contributed by atoms with van der Waals surface area (Å²) in [6.07, 6.45) is 11.8. The average Bonchev–Trinajstić information content (AvgIpc) is 3.07. The predicted octanol–water partition coefficient (Wildman–Crippen LogP) is 8.53. The number of aromatic hydroxyl groups is 1. The van der Waals surface area contributed by atoms with E-state index in [-0.39, 0.29) is 55.0 Å². The minimum atomic E-state index is -4.80. The second-order valence-corrected chi connectivity index (χ2v) is 14.7. The second-order valence-electron chi connectivity index (χ2n) is 11.9. The first-order valence-corrected chi connectivity index (χ1v) is 19.8. The molecule has 0 atom stereocenters. The van der Waals surface area contributed by atoms with Crippen LogP contribution in [0.15, 0.2) is 94.7 Å². The van der Waals surface area contributed by atoms with Crippen molar-refractivity contribution in [2.45, 2.75) is 101 Å². The molecular weight excluding hydrogens is 721 g/mol. The van der Waals surface area contributed by atoms with Crippen molar-refractivity contribution in [2.75, 3.05) is 0 Å². The Morgan fingerprint density at radius 2 is 1.04 bits per heavy atom. The number of phenols is 1. The summed E-state index contributed by atoms with van der Waals surface area (Å²) in [4.78, 5) is -1.06. The zero-order chi connectivity index (χ0) is 36.6. The molecule has 0 heterocycles. The number of rotatable bonds is 18. The van der Waals surface area contributed by atoms with Crippen molar-refractivity contribution < 1.29 is 45.6 Å². The molecular formula is C38H46CaO10S2. The summed E-state index contributed by atoms with van der Waals surface area (Å²) < 4.78 is 78.2. The van der Waals surface area contributed by atoms with Gasteiger partial charge in [0.1, 0.15) is 43.8 Å². The minimum Gasteiger partial charge on any atom is -0.872 e. The van der Waals surface area contributed by atoms with Gasteiger partial charge in [-0.2, -0.15) is 8.42 Å². The normalized spacial score (nSPS) is 11.2. The van der Waals surface area contributed by atoms with Gasteiger partial charge in [-0.25, -0.2) is 8.42 Å². The Hall–Kier alpha value is -2.84. The van der Waals surface area contributed by atoms with Gasteiger partial charge >= 0.3 is 37.7 Å². The molecule has 0 saturated heterocycles. The van der Waals surface area contributed by atoms with Gasteiger partial charge in [-0.15, -0.1) is 5.75 Å². The quantitative estimate of drug-likeness (QED) is 0.0568. The van der Waals surface area contributed by atoms with E-state index in [1.807, 2.05) is 6.07 Å². The van der Waals surface area contributed by atoms with Crippen molar-refractivity contribution in [2.24, 2.45) is 0 Å². The van der Waals surface area contributed by atoms with E-state index in [1.54, 1.807) is 54.6 Å². The zero-order valence-electron chi connectivity index (χ0n) is 29.3. The van der Waals surface area contributed by atoms with Gasteiger partial charge in [0.25, 0.3) is 10.1 Å². The van der Waals surface area contributed by atoms with Crippen LogP contribution in [-0.4, -0.2) is 68.8 Å². The summed E-state index contributed by atoms with van der Waals surface area (Å²) in [6.45, 7) is 4.28. The van der Waals surface area contributed by atoms with Crippen molar-refractivity contribution in [3.63, 3.8) is 0 Å². The van der Waals surface area contributed by atoms with Crippen LogP contribution in [-0.2, 0) is 33.1 Å². The molecule has 0 spiro atoms. The van der Waals surface area contributed by atoms with Gasteiger partial charge in [-0.05, 0) is 73.7 Å². The van der Waals surface area contributed by atoms with Gasteiger partial charge in [-0.3, -0.25) is 4.55 Å². The third kappa shape index (κ3) is 15.3. The maximum atomic E-state index is 12.2. The van der Waals surface area contributed by atoms with E-state index in [4.69, 9.17) is 9.47 Å². The third-order valence-electron chi connectivity index (χ3n) is 7.86. The molecule has 272 valence electrons. The van der Waals surface area contributed by atoms with Gasteiger partial charge < -0.3 is 24.2 Å². The van der Waals surface area contributed by atoms with Crippen LogP contribution in [0.5, 0.6) is 34.5 Å². The molecule has 4 aromatic rings. The second kappa shape index (κ2) is 22.3. The fraction of sp³-hybridized carbons (Fsp3) is 0.368. The Morgan fingerprint density at radius 3 is 1.49 bits per heavy atom. The van der Waals surface area contributed by atoms with E-state index in [2.05, 4.69) is 13.8 Å². The number of aryl methyl sites for hydroxylation is 2. The molecule has 0 aliphatic rings. The number of unbranched alkanes of at least 4 members (excludes halogenated alkanes) is 8. The fourth-order valence-corrected chi connectivity index (χ4v) is 6.41. The van der Waals surface area contributed by atoms with Crippen LogP contribution in [0.1, 0.15) is 89.2 Å². The summed E-state index contributed by atoms with van der Waals surface area (Å²) in [5.74, 6) is 0.181. The van der Waals surface area contributed by atoms with E-state index >= 15 is 0 Å². The smallest absolute Gasteiger partial charge is 0.872 e. The first-order valence-electron chi connectivity index (χ1n) is 16.9. The molecule has 0 aliphatic carbocycles. The maximum absolute atomic E-state index is 12.2. The number of hydrogen-bond donors (Lipinski definition) is 2. The van der Waals surface area contributed by atoms with Gasteiger partial charge in [0.15, 0.2) is 0 Å². The Balaban J connectivity index is 0.000000347. The molecule has 4 aromatic carbocycles. The summed E-state index contributed by atoms with van der Waals surface area (Å²) in [6, 6.07) is 22.1. The number of para-hydroxylation sites is 2. The molecule has 4 rings (SSSR count). The average molecular weight is 767 g/mol. The van der Waals surface area contributed by atoms with Crippen LogP contribution < -0.4 is 14.6 Å². The van der Waals surface area contributed by atoms with Gasteiger partial charge in [-0.1, -0.05) is 107 Å². The topological polar surface area (TPSA) is 173 Å². The molecule has 0 radical (unpaired) electrons. The SMILES string of the molecule is CCCCCCCc1cc(Oc2ccccc2)c(S(=O)(=O)O)cc1O.CCCCCCCc1cc(Oc2ccccc2)c(S(=O)(=O)[O-])cc1[O-].[Ca+2]. The van der Waals surface area contributed by atoms with E-state index in [0.29, 0.717) is 35.5 Å². The van der Waals surface area contributed by atoms with Crippen molar-refractivity contribution in [1.29, 1.82) is 0 Å². The van der Waals surface area contributed by atoms with Crippen molar-refractivity contribution in [1.82, 2.24) is 0 Å². The Morgan fingerprint density at radius 1 is 0.608 bits per heavy atom. The van der Waals surface area contributed by atoms with Crippen LogP contribution in [0.3, 0.4) is 0 Å². The summed E-state index contributed by atoms with van der Waals surface area (Å²) in [7, 11) is -9.31. The molecule has 13 heteroatoms.